The van der Waals surface area contributed by atoms with E-state index in [0.717, 1.165) is 47.9 Å². The van der Waals surface area contributed by atoms with Crippen LogP contribution in [0.15, 0.2) is 39.5 Å². The summed E-state index contributed by atoms with van der Waals surface area (Å²) in [6.45, 7) is 2.41. The van der Waals surface area contributed by atoms with E-state index in [9.17, 15) is 9.18 Å². The Kier molecular flexibility index (Phi) is 6.82. The van der Waals surface area contributed by atoms with Gasteiger partial charge in [0.05, 0.1) is 20.7 Å². The topological polar surface area (TPSA) is 71.2 Å². The molecule has 5 nitrogen and oxygen atoms in total. The zero-order chi connectivity index (χ0) is 21.1. The van der Waals surface area contributed by atoms with Gasteiger partial charge in [-0.1, -0.05) is 6.07 Å². The van der Waals surface area contributed by atoms with Gasteiger partial charge in [0, 0.05) is 24.5 Å². The number of nitrogens with zero attached hydrogens (tertiary/aromatic N) is 2. The van der Waals surface area contributed by atoms with Crippen LogP contribution in [0.25, 0.3) is 9.88 Å². The minimum Gasteiger partial charge on any atom is -0.370 e. The predicted molar refractivity (Wildman–Crippen MR) is 126 cm³/mol. The van der Waals surface area contributed by atoms with Gasteiger partial charge in [-0.15, -0.1) is 22.7 Å². The molecule has 4 rings (SSSR count). The van der Waals surface area contributed by atoms with Crippen LogP contribution in [-0.2, 0) is 0 Å². The fourth-order valence-electron chi connectivity index (χ4n) is 3.67. The van der Waals surface area contributed by atoms with E-state index >= 15 is 0 Å². The maximum absolute atomic E-state index is 14.3. The molecule has 3 heterocycles. The van der Waals surface area contributed by atoms with E-state index in [1.165, 1.54) is 17.4 Å². The molecule has 0 bridgehead atoms. The molecule has 0 radical (unpaired) electrons. The standard InChI is InChI=1S/C21H22BrFN4OS2/c22-14-10-18(27-7-4-13(3-6-24)5-8-27)16(11-15(14)23)25-20(28)17-12-30-21(26-17)19-2-1-9-29-19/h1-2,9-13H,3-8,24H2,(H,25,28). The Bertz CT molecular complexity index is 1020. The van der Waals surface area contributed by atoms with Gasteiger partial charge < -0.3 is 16.0 Å². The van der Waals surface area contributed by atoms with Gasteiger partial charge in [0.1, 0.15) is 16.5 Å². The van der Waals surface area contributed by atoms with Gasteiger partial charge in [0.2, 0.25) is 0 Å². The molecule has 0 saturated carbocycles. The molecule has 1 aliphatic heterocycles. The number of halogens is 2. The van der Waals surface area contributed by atoms with E-state index in [0.29, 0.717) is 28.3 Å². The molecule has 3 aromatic rings. The fourth-order valence-corrected chi connectivity index (χ4v) is 5.62. The molecule has 0 atom stereocenters. The first-order valence-corrected chi connectivity index (χ1v) is 12.3. The number of rotatable bonds is 6. The average Bonchev–Trinajstić information content (AvgIpc) is 3.43. The number of nitrogens with two attached hydrogens (primary N) is 1. The summed E-state index contributed by atoms with van der Waals surface area (Å²) in [4.78, 5) is 20.5. The first-order chi connectivity index (χ1) is 14.5. The van der Waals surface area contributed by atoms with E-state index in [4.69, 9.17) is 5.73 Å². The van der Waals surface area contributed by atoms with Gasteiger partial charge in [0.15, 0.2) is 0 Å². The molecular formula is C21H22BrFN4OS2. The number of hydrogen-bond donors (Lipinski definition) is 2. The number of anilines is 2. The molecule has 2 aromatic heterocycles. The lowest BCUT2D eigenvalue weighted by atomic mass is 9.93. The first-order valence-electron chi connectivity index (χ1n) is 9.80. The van der Waals surface area contributed by atoms with Gasteiger partial charge in [-0.2, -0.15) is 0 Å². The molecule has 0 aliphatic carbocycles. The second-order valence-electron chi connectivity index (χ2n) is 7.26. The molecule has 1 aliphatic rings. The van der Waals surface area contributed by atoms with Gasteiger partial charge in [0.25, 0.3) is 5.91 Å². The molecule has 0 unspecified atom stereocenters. The van der Waals surface area contributed by atoms with Crippen molar-refractivity contribution in [2.24, 2.45) is 11.7 Å². The van der Waals surface area contributed by atoms with Crippen molar-refractivity contribution >= 4 is 55.9 Å². The van der Waals surface area contributed by atoms with Crippen molar-refractivity contribution in [3.05, 3.63) is 51.0 Å². The monoisotopic (exact) mass is 508 g/mol. The molecule has 1 amide bonds. The number of amides is 1. The van der Waals surface area contributed by atoms with Gasteiger partial charge >= 0.3 is 0 Å². The number of carbonyl (C=O) groups excluding carboxylic acids is 1. The largest absolute Gasteiger partial charge is 0.370 e. The highest BCUT2D eigenvalue weighted by atomic mass is 79.9. The number of nitrogens with one attached hydrogen (secondary N) is 1. The van der Waals surface area contributed by atoms with Gasteiger partial charge in [-0.05, 0) is 65.2 Å². The molecule has 9 heteroatoms. The van der Waals surface area contributed by atoms with E-state index in [2.05, 4.69) is 31.1 Å². The quantitative estimate of drug-likeness (QED) is 0.455. The number of hydrogen-bond acceptors (Lipinski definition) is 6. The second kappa shape index (κ2) is 9.55. The third kappa shape index (κ3) is 4.74. The lowest BCUT2D eigenvalue weighted by Crippen LogP contribution is -2.35. The lowest BCUT2D eigenvalue weighted by Gasteiger charge is -2.34. The SMILES string of the molecule is NCCC1CCN(c2cc(Br)c(F)cc2NC(=O)c2csc(-c3cccs3)n2)CC1. The Morgan fingerprint density at radius 2 is 2.13 bits per heavy atom. The van der Waals surface area contributed by atoms with Crippen LogP contribution in [0.5, 0.6) is 0 Å². The summed E-state index contributed by atoms with van der Waals surface area (Å²) in [6, 6.07) is 7.04. The van der Waals surface area contributed by atoms with Crippen LogP contribution < -0.4 is 16.0 Å². The summed E-state index contributed by atoms with van der Waals surface area (Å²) in [7, 11) is 0. The van der Waals surface area contributed by atoms with Crippen LogP contribution in [0, 0.1) is 11.7 Å². The fraction of sp³-hybridized carbons (Fsp3) is 0.333. The second-order valence-corrected chi connectivity index (χ2v) is 9.92. The van der Waals surface area contributed by atoms with E-state index in [1.807, 2.05) is 17.5 Å². The summed E-state index contributed by atoms with van der Waals surface area (Å²) in [5.74, 6) is -0.126. The molecule has 0 spiro atoms. The molecular weight excluding hydrogens is 487 g/mol. The maximum Gasteiger partial charge on any atom is 0.275 e. The zero-order valence-corrected chi connectivity index (χ0v) is 19.5. The third-order valence-electron chi connectivity index (χ3n) is 5.29. The average molecular weight is 509 g/mol. The number of carbonyl (C=O) groups is 1. The minimum atomic E-state index is -0.412. The Morgan fingerprint density at radius 1 is 1.33 bits per heavy atom. The molecule has 3 N–H and O–H groups in total. The summed E-state index contributed by atoms with van der Waals surface area (Å²) < 4.78 is 14.7. The van der Waals surface area contributed by atoms with Crippen molar-refractivity contribution in [2.75, 3.05) is 29.9 Å². The van der Waals surface area contributed by atoms with Crippen LogP contribution in [0.4, 0.5) is 15.8 Å². The Balaban J connectivity index is 1.54. The molecule has 1 fully saturated rings. The summed E-state index contributed by atoms with van der Waals surface area (Å²) in [6.07, 6.45) is 3.10. The first kappa shape index (κ1) is 21.4. The Morgan fingerprint density at radius 3 is 2.83 bits per heavy atom. The number of benzene rings is 1. The Hall–Kier alpha value is -1.81. The van der Waals surface area contributed by atoms with Crippen LogP contribution in [0.3, 0.4) is 0 Å². The summed E-state index contributed by atoms with van der Waals surface area (Å²) in [5, 5.41) is 7.39. The number of thiazole rings is 1. The van der Waals surface area contributed by atoms with Crippen molar-refractivity contribution < 1.29 is 9.18 Å². The summed E-state index contributed by atoms with van der Waals surface area (Å²) in [5.41, 5.74) is 7.31. The highest BCUT2D eigenvalue weighted by Crippen LogP contribution is 2.35. The summed E-state index contributed by atoms with van der Waals surface area (Å²) >= 11 is 6.29. The van der Waals surface area contributed by atoms with Crippen molar-refractivity contribution in [2.45, 2.75) is 19.3 Å². The number of aromatic nitrogens is 1. The normalized spacial score (nSPS) is 14.8. The number of thiophene rings is 1. The van der Waals surface area contributed by atoms with Crippen LogP contribution >= 0.6 is 38.6 Å². The van der Waals surface area contributed by atoms with Gasteiger partial charge in [-0.25, -0.2) is 9.37 Å². The minimum absolute atomic E-state index is 0.333. The van der Waals surface area contributed by atoms with Crippen LogP contribution in [0.1, 0.15) is 29.8 Å². The van der Waals surface area contributed by atoms with E-state index in [1.54, 1.807) is 22.8 Å². The highest BCUT2D eigenvalue weighted by molar-refractivity contribution is 9.10. The van der Waals surface area contributed by atoms with E-state index < -0.39 is 5.82 Å². The number of piperidine rings is 1. The van der Waals surface area contributed by atoms with Crippen molar-refractivity contribution in [3.63, 3.8) is 0 Å². The van der Waals surface area contributed by atoms with Crippen LogP contribution in [-0.4, -0.2) is 30.5 Å². The van der Waals surface area contributed by atoms with Crippen LogP contribution in [0.2, 0.25) is 0 Å². The van der Waals surface area contributed by atoms with Crippen molar-refractivity contribution in [3.8, 4) is 9.88 Å². The highest BCUT2D eigenvalue weighted by Gasteiger charge is 2.23. The Labute approximate surface area is 191 Å². The predicted octanol–water partition coefficient (Wildman–Crippen LogP) is 5.59. The molecule has 158 valence electrons. The lowest BCUT2D eigenvalue weighted by molar-refractivity contribution is 0.102. The van der Waals surface area contributed by atoms with E-state index in [-0.39, 0.29) is 5.91 Å². The molecule has 1 saturated heterocycles. The van der Waals surface area contributed by atoms with Crippen molar-refractivity contribution in [1.82, 2.24) is 4.98 Å². The van der Waals surface area contributed by atoms with Gasteiger partial charge in [-0.3, -0.25) is 4.79 Å². The zero-order valence-electron chi connectivity index (χ0n) is 16.2. The smallest absolute Gasteiger partial charge is 0.275 e. The molecule has 30 heavy (non-hydrogen) atoms. The van der Waals surface area contributed by atoms with Crippen molar-refractivity contribution in [1.29, 1.82) is 0 Å². The molecule has 1 aromatic carbocycles. The maximum atomic E-state index is 14.3. The third-order valence-corrected chi connectivity index (χ3v) is 7.77.